The highest BCUT2D eigenvalue weighted by molar-refractivity contribution is 6.07. The molecule has 2 aliphatic rings. The second kappa shape index (κ2) is 11.9. The van der Waals surface area contributed by atoms with E-state index in [1.54, 1.807) is 0 Å². The molecule has 0 bridgehead atoms. The summed E-state index contributed by atoms with van der Waals surface area (Å²) in [7, 11) is 0. The Balaban J connectivity index is 1.08. The molecule has 1 aromatic heterocycles. The lowest BCUT2D eigenvalue weighted by molar-refractivity contribution is 0.660. The molecule has 2 heteroatoms. The highest BCUT2D eigenvalue weighted by atomic mass is 14.9. The summed E-state index contributed by atoms with van der Waals surface area (Å²) in [6.45, 7) is 9.37. The number of fused-ring (bicyclic) bond motifs is 9. The van der Waals surface area contributed by atoms with Crippen molar-refractivity contribution in [3.05, 3.63) is 192 Å². The molecule has 2 nitrogen and oxygen atoms in total. The molecular weight excluding hydrogens is 677 g/mol. The first-order valence-electron chi connectivity index (χ1n) is 19.7. The molecule has 0 aliphatic heterocycles. The van der Waals surface area contributed by atoms with Gasteiger partial charge >= 0.3 is 0 Å². The van der Waals surface area contributed by atoms with Crippen LogP contribution >= 0.6 is 0 Å². The van der Waals surface area contributed by atoms with Crippen molar-refractivity contribution < 1.29 is 0 Å². The van der Waals surface area contributed by atoms with Crippen LogP contribution in [0.15, 0.2) is 170 Å². The van der Waals surface area contributed by atoms with Crippen molar-refractivity contribution in [2.24, 2.45) is 0 Å². The van der Waals surface area contributed by atoms with Crippen molar-refractivity contribution in [2.75, 3.05) is 0 Å². The lowest BCUT2D eigenvalue weighted by Gasteiger charge is -2.22. The van der Waals surface area contributed by atoms with Gasteiger partial charge in [0.05, 0.1) is 11.4 Å². The molecule has 0 saturated heterocycles. The molecular formula is C54H40N2. The fourth-order valence-electron chi connectivity index (χ4n) is 9.79. The van der Waals surface area contributed by atoms with Gasteiger partial charge in [-0.05, 0) is 101 Å². The Hall–Kier alpha value is -6.64. The predicted molar refractivity (Wildman–Crippen MR) is 234 cm³/mol. The minimum Gasteiger partial charge on any atom is -0.228 e. The van der Waals surface area contributed by atoms with Gasteiger partial charge in [-0.1, -0.05) is 173 Å². The first-order chi connectivity index (χ1) is 27.3. The number of hydrogen-bond acceptors (Lipinski definition) is 2. The third-order valence-electron chi connectivity index (χ3n) is 12.7. The molecule has 0 unspecified atom stereocenters. The normalized spacial score (nSPS) is 14.4. The average molecular weight is 717 g/mol. The Morgan fingerprint density at radius 2 is 0.893 bits per heavy atom. The zero-order chi connectivity index (χ0) is 37.8. The zero-order valence-electron chi connectivity index (χ0n) is 32.1. The third-order valence-corrected chi connectivity index (χ3v) is 12.7. The van der Waals surface area contributed by atoms with E-state index in [0.717, 1.165) is 39.3 Å². The molecule has 56 heavy (non-hydrogen) atoms. The molecule has 0 radical (unpaired) electrons. The quantitative estimate of drug-likeness (QED) is 0.181. The van der Waals surface area contributed by atoms with Gasteiger partial charge in [-0.2, -0.15) is 0 Å². The standard InChI is InChI=1S/C54H40N2/c1-53(2)45-21-13-12-20-41(45)43-31-36(24-28-46(43)53)50-32-49(34-15-6-5-7-16-34)55-52(56-50)42-26-25-37(39-18-10-11-19-40(39)42)35-23-27-47-44(30-35)51-38-17-9-8-14-33(38)22-29-48(51)54(47,3)4/h5-32H,1-4H3. The highest BCUT2D eigenvalue weighted by Crippen LogP contribution is 2.53. The zero-order valence-corrected chi connectivity index (χ0v) is 32.1. The van der Waals surface area contributed by atoms with Crippen molar-refractivity contribution >= 4 is 21.5 Å². The number of aromatic nitrogens is 2. The molecule has 266 valence electrons. The van der Waals surface area contributed by atoms with Crippen molar-refractivity contribution in [1.82, 2.24) is 9.97 Å². The molecule has 0 saturated carbocycles. The van der Waals surface area contributed by atoms with Crippen molar-refractivity contribution in [1.29, 1.82) is 0 Å². The number of hydrogen-bond donors (Lipinski definition) is 0. The second-order valence-electron chi connectivity index (χ2n) is 16.6. The van der Waals surface area contributed by atoms with Gasteiger partial charge < -0.3 is 0 Å². The van der Waals surface area contributed by atoms with Crippen LogP contribution in [0.25, 0.3) is 88.8 Å². The molecule has 2 aliphatic carbocycles. The van der Waals surface area contributed by atoms with Gasteiger partial charge in [0.25, 0.3) is 0 Å². The van der Waals surface area contributed by atoms with Gasteiger partial charge in [0.15, 0.2) is 5.82 Å². The molecule has 0 amide bonds. The lowest BCUT2D eigenvalue weighted by atomic mass is 9.81. The first kappa shape index (κ1) is 32.8. The van der Waals surface area contributed by atoms with Gasteiger partial charge in [-0.15, -0.1) is 0 Å². The van der Waals surface area contributed by atoms with Crippen LogP contribution in [-0.2, 0) is 10.8 Å². The predicted octanol–water partition coefficient (Wildman–Crippen LogP) is 14.1. The minimum absolute atomic E-state index is 0.0522. The number of nitrogens with zero attached hydrogens (tertiary/aromatic N) is 2. The van der Waals surface area contributed by atoms with Crippen LogP contribution in [-0.4, -0.2) is 9.97 Å². The van der Waals surface area contributed by atoms with Gasteiger partial charge in [0.1, 0.15) is 0 Å². The summed E-state index contributed by atoms with van der Waals surface area (Å²) in [4.78, 5) is 10.7. The summed E-state index contributed by atoms with van der Waals surface area (Å²) < 4.78 is 0. The fourth-order valence-corrected chi connectivity index (χ4v) is 9.79. The molecule has 0 atom stereocenters. The average Bonchev–Trinajstić information content (AvgIpc) is 3.62. The van der Waals surface area contributed by atoms with Gasteiger partial charge in [0.2, 0.25) is 0 Å². The van der Waals surface area contributed by atoms with Crippen LogP contribution in [0.3, 0.4) is 0 Å². The summed E-state index contributed by atoms with van der Waals surface area (Å²) in [5.41, 5.74) is 18.1. The Bertz CT molecular complexity index is 3080. The van der Waals surface area contributed by atoms with Crippen LogP contribution in [0.1, 0.15) is 49.9 Å². The molecule has 0 spiro atoms. The van der Waals surface area contributed by atoms with Crippen LogP contribution < -0.4 is 0 Å². The molecule has 0 N–H and O–H groups in total. The minimum atomic E-state index is -0.0730. The molecule has 9 aromatic rings. The first-order valence-corrected chi connectivity index (χ1v) is 19.7. The van der Waals surface area contributed by atoms with Crippen LogP contribution in [0.5, 0.6) is 0 Å². The van der Waals surface area contributed by atoms with Crippen molar-refractivity contribution in [3.8, 4) is 67.3 Å². The lowest BCUT2D eigenvalue weighted by Crippen LogP contribution is -2.14. The van der Waals surface area contributed by atoms with E-state index in [1.165, 1.54) is 71.8 Å². The Morgan fingerprint density at radius 1 is 0.339 bits per heavy atom. The maximum atomic E-state index is 5.38. The Kier molecular flexibility index (Phi) is 6.98. The molecule has 11 rings (SSSR count). The van der Waals surface area contributed by atoms with Crippen molar-refractivity contribution in [3.63, 3.8) is 0 Å². The van der Waals surface area contributed by atoms with E-state index in [2.05, 4.69) is 198 Å². The van der Waals surface area contributed by atoms with E-state index in [9.17, 15) is 0 Å². The molecule has 8 aromatic carbocycles. The molecule has 1 heterocycles. The van der Waals surface area contributed by atoms with E-state index in [1.807, 2.05) is 0 Å². The SMILES string of the molecule is CC1(C)c2ccccc2-c2cc(-c3cc(-c4ccccc4)nc(-c4ccc(-c5ccc6c(c5)-c5c(ccc7ccccc57)C6(C)C)c5ccccc45)n3)ccc21. The summed E-state index contributed by atoms with van der Waals surface area (Å²) >= 11 is 0. The van der Waals surface area contributed by atoms with E-state index in [0.29, 0.717) is 0 Å². The maximum Gasteiger partial charge on any atom is 0.161 e. The van der Waals surface area contributed by atoms with Crippen LogP contribution in [0.4, 0.5) is 0 Å². The van der Waals surface area contributed by atoms with Crippen molar-refractivity contribution in [2.45, 2.75) is 38.5 Å². The summed E-state index contributed by atoms with van der Waals surface area (Å²) in [5.74, 6) is 0.724. The Labute approximate surface area is 328 Å². The van der Waals surface area contributed by atoms with Gasteiger partial charge in [0, 0.05) is 27.5 Å². The Morgan fingerprint density at radius 3 is 1.70 bits per heavy atom. The number of benzene rings is 8. The highest BCUT2D eigenvalue weighted by Gasteiger charge is 2.37. The summed E-state index contributed by atoms with van der Waals surface area (Å²) in [5, 5.41) is 4.92. The monoisotopic (exact) mass is 716 g/mol. The van der Waals surface area contributed by atoms with Gasteiger partial charge in [-0.3, -0.25) is 0 Å². The van der Waals surface area contributed by atoms with Crippen LogP contribution in [0.2, 0.25) is 0 Å². The largest absolute Gasteiger partial charge is 0.228 e. The smallest absolute Gasteiger partial charge is 0.161 e. The molecule has 0 fully saturated rings. The van der Waals surface area contributed by atoms with Crippen LogP contribution in [0, 0.1) is 0 Å². The summed E-state index contributed by atoms with van der Waals surface area (Å²) in [6, 6.07) is 62.1. The topological polar surface area (TPSA) is 25.8 Å². The van der Waals surface area contributed by atoms with Gasteiger partial charge in [-0.25, -0.2) is 9.97 Å². The fraction of sp³-hybridized carbons (Fsp3) is 0.111. The number of rotatable bonds is 4. The second-order valence-corrected chi connectivity index (χ2v) is 16.6. The van der Waals surface area contributed by atoms with E-state index in [4.69, 9.17) is 9.97 Å². The third kappa shape index (κ3) is 4.75. The van der Waals surface area contributed by atoms with E-state index < -0.39 is 0 Å². The summed E-state index contributed by atoms with van der Waals surface area (Å²) in [6.07, 6.45) is 0. The van der Waals surface area contributed by atoms with E-state index in [-0.39, 0.29) is 10.8 Å². The maximum absolute atomic E-state index is 5.38. The van der Waals surface area contributed by atoms with E-state index >= 15 is 0 Å².